The van der Waals surface area contributed by atoms with Crippen LogP contribution in [0.2, 0.25) is 5.02 Å². The molecule has 5 nitrogen and oxygen atoms in total. The van der Waals surface area contributed by atoms with Crippen LogP contribution in [-0.4, -0.2) is 13.4 Å². The lowest BCUT2D eigenvalue weighted by atomic mass is 10.2. The molecule has 134 valence electrons. The van der Waals surface area contributed by atoms with E-state index in [1.807, 2.05) is 0 Å². The third kappa shape index (κ3) is 4.30. The maximum absolute atomic E-state index is 13.6. The van der Waals surface area contributed by atoms with Crippen LogP contribution in [-0.2, 0) is 16.6 Å². The highest BCUT2D eigenvalue weighted by atomic mass is 35.5. The van der Waals surface area contributed by atoms with Crippen LogP contribution < -0.4 is 10.0 Å². The number of rotatable bonds is 6. The van der Waals surface area contributed by atoms with Crippen molar-refractivity contribution in [1.82, 2.24) is 4.98 Å². The number of benzene rings is 2. The molecule has 2 aromatic carbocycles. The molecule has 0 unspecified atom stereocenters. The summed E-state index contributed by atoms with van der Waals surface area (Å²) in [5.41, 5.74) is 0.805. The summed E-state index contributed by atoms with van der Waals surface area (Å²) in [6.45, 7) is 0.268. The van der Waals surface area contributed by atoms with Crippen LogP contribution in [0.25, 0.3) is 0 Å². The first kappa shape index (κ1) is 18.2. The molecule has 0 radical (unpaired) electrons. The Morgan fingerprint density at radius 3 is 2.42 bits per heavy atom. The van der Waals surface area contributed by atoms with E-state index in [-0.39, 0.29) is 22.3 Å². The Hall–Kier alpha value is -2.64. The molecule has 1 heterocycles. The van der Waals surface area contributed by atoms with E-state index in [1.54, 1.807) is 42.5 Å². The molecular weight excluding hydrogens is 377 g/mol. The van der Waals surface area contributed by atoms with Gasteiger partial charge in [-0.15, -0.1) is 0 Å². The number of aromatic nitrogens is 1. The Morgan fingerprint density at radius 1 is 1.00 bits per heavy atom. The van der Waals surface area contributed by atoms with Gasteiger partial charge in [0, 0.05) is 12.1 Å². The van der Waals surface area contributed by atoms with Gasteiger partial charge in [-0.25, -0.2) is 17.8 Å². The van der Waals surface area contributed by atoms with E-state index in [4.69, 9.17) is 11.6 Å². The average Bonchev–Trinajstić information content (AvgIpc) is 2.62. The third-order valence-corrected chi connectivity index (χ3v) is 5.44. The van der Waals surface area contributed by atoms with E-state index in [2.05, 4.69) is 15.0 Å². The SMILES string of the molecule is O=S(=O)(Nc1ccc(NCc2ccccc2F)nc1)c1ccccc1Cl. The predicted molar refractivity (Wildman–Crippen MR) is 100 cm³/mol. The Kier molecular flexibility index (Phi) is 5.39. The van der Waals surface area contributed by atoms with Crippen LogP contribution in [0.1, 0.15) is 5.56 Å². The minimum absolute atomic E-state index is 0.0107. The molecule has 0 fully saturated rings. The number of hydrogen-bond acceptors (Lipinski definition) is 4. The summed E-state index contributed by atoms with van der Waals surface area (Å²) >= 11 is 5.94. The summed E-state index contributed by atoms with van der Waals surface area (Å²) in [5.74, 6) is 0.193. The van der Waals surface area contributed by atoms with E-state index >= 15 is 0 Å². The second-order valence-corrected chi connectivity index (χ2v) is 7.47. The Bertz CT molecular complexity index is 1010. The summed E-state index contributed by atoms with van der Waals surface area (Å²) < 4.78 is 40.8. The van der Waals surface area contributed by atoms with Crippen molar-refractivity contribution in [2.24, 2.45) is 0 Å². The molecule has 0 aliphatic rings. The van der Waals surface area contributed by atoms with Gasteiger partial charge in [-0.2, -0.15) is 0 Å². The first-order chi connectivity index (χ1) is 12.5. The molecule has 3 rings (SSSR count). The molecule has 0 bridgehead atoms. The second kappa shape index (κ2) is 7.72. The molecule has 3 aromatic rings. The van der Waals surface area contributed by atoms with Crippen LogP contribution in [0.5, 0.6) is 0 Å². The van der Waals surface area contributed by atoms with Crippen molar-refractivity contribution < 1.29 is 12.8 Å². The summed E-state index contributed by atoms with van der Waals surface area (Å²) in [5, 5.41) is 3.12. The number of pyridine rings is 1. The van der Waals surface area contributed by atoms with Crippen LogP contribution in [0, 0.1) is 5.82 Å². The summed E-state index contributed by atoms with van der Waals surface area (Å²) in [7, 11) is -3.81. The van der Waals surface area contributed by atoms with Crippen molar-refractivity contribution >= 4 is 33.1 Å². The fraction of sp³-hybridized carbons (Fsp3) is 0.0556. The van der Waals surface area contributed by atoms with Gasteiger partial charge in [-0.05, 0) is 30.3 Å². The average molecular weight is 392 g/mol. The third-order valence-electron chi connectivity index (χ3n) is 3.56. The van der Waals surface area contributed by atoms with Crippen molar-refractivity contribution in [3.8, 4) is 0 Å². The molecule has 0 aliphatic carbocycles. The van der Waals surface area contributed by atoms with Gasteiger partial charge in [0.25, 0.3) is 10.0 Å². The molecular formula is C18H15ClFN3O2S. The lowest BCUT2D eigenvalue weighted by Gasteiger charge is -2.10. The minimum Gasteiger partial charge on any atom is -0.366 e. The summed E-state index contributed by atoms with van der Waals surface area (Å²) in [4.78, 5) is 4.12. The minimum atomic E-state index is -3.81. The van der Waals surface area contributed by atoms with Crippen LogP contribution in [0.15, 0.2) is 71.8 Å². The predicted octanol–water partition coefficient (Wildman–Crippen LogP) is 4.29. The number of anilines is 2. The van der Waals surface area contributed by atoms with Gasteiger partial charge in [-0.3, -0.25) is 4.72 Å². The zero-order valence-corrected chi connectivity index (χ0v) is 15.1. The largest absolute Gasteiger partial charge is 0.366 e. The molecule has 0 aliphatic heterocycles. The zero-order valence-electron chi connectivity index (χ0n) is 13.5. The zero-order chi connectivity index (χ0) is 18.6. The Balaban J connectivity index is 1.68. The number of halogens is 2. The van der Waals surface area contributed by atoms with Crippen LogP contribution >= 0.6 is 11.6 Å². The Labute approximate surface area is 155 Å². The van der Waals surface area contributed by atoms with Crippen LogP contribution in [0.3, 0.4) is 0 Å². The maximum Gasteiger partial charge on any atom is 0.263 e. The van der Waals surface area contributed by atoms with E-state index in [0.717, 1.165) is 0 Å². The standard InChI is InChI=1S/C18H15ClFN3O2S/c19-15-6-2-4-8-17(15)26(24,25)23-14-9-10-18(22-12-14)21-11-13-5-1-3-7-16(13)20/h1-10,12,23H,11H2,(H,21,22). The fourth-order valence-electron chi connectivity index (χ4n) is 2.26. The van der Waals surface area contributed by atoms with E-state index < -0.39 is 10.0 Å². The smallest absolute Gasteiger partial charge is 0.263 e. The molecule has 2 N–H and O–H groups in total. The van der Waals surface area contributed by atoms with Crippen molar-refractivity contribution in [2.75, 3.05) is 10.0 Å². The topological polar surface area (TPSA) is 71.1 Å². The van der Waals surface area contributed by atoms with Gasteiger partial charge in [0.05, 0.1) is 16.9 Å². The van der Waals surface area contributed by atoms with Gasteiger partial charge in [0.2, 0.25) is 0 Å². The second-order valence-electron chi connectivity index (χ2n) is 5.41. The molecule has 0 saturated heterocycles. The highest BCUT2D eigenvalue weighted by Gasteiger charge is 2.17. The van der Waals surface area contributed by atoms with Crippen molar-refractivity contribution in [2.45, 2.75) is 11.4 Å². The number of nitrogens with one attached hydrogen (secondary N) is 2. The summed E-state index contributed by atoms with van der Waals surface area (Å²) in [6.07, 6.45) is 1.37. The highest BCUT2D eigenvalue weighted by molar-refractivity contribution is 7.92. The van der Waals surface area contributed by atoms with Gasteiger partial charge in [-0.1, -0.05) is 41.9 Å². The molecule has 0 amide bonds. The summed E-state index contributed by atoms with van der Waals surface area (Å²) in [6, 6.07) is 15.8. The normalized spacial score (nSPS) is 11.2. The number of hydrogen-bond donors (Lipinski definition) is 2. The van der Waals surface area contributed by atoms with Crippen molar-refractivity contribution in [3.05, 3.63) is 83.3 Å². The van der Waals surface area contributed by atoms with E-state index in [0.29, 0.717) is 17.1 Å². The Morgan fingerprint density at radius 2 is 1.73 bits per heavy atom. The first-order valence-corrected chi connectivity index (χ1v) is 9.52. The quantitative estimate of drug-likeness (QED) is 0.657. The number of nitrogens with zero attached hydrogens (tertiary/aromatic N) is 1. The lowest BCUT2D eigenvalue weighted by molar-refractivity contribution is 0.601. The van der Waals surface area contributed by atoms with E-state index in [9.17, 15) is 12.8 Å². The van der Waals surface area contributed by atoms with Crippen molar-refractivity contribution in [3.63, 3.8) is 0 Å². The van der Waals surface area contributed by atoms with Gasteiger partial charge < -0.3 is 5.32 Å². The molecule has 0 atom stereocenters. The maximum atomic E-state index is 13.6. The van der Waals surface area contributed by atoms with Gasteiger partial charge >= 0.3 is 0 Å². The van der Waals surface area contributed by atoms with Gasteiger partial charge in [0.1, 0.15) is 16.5 Å². The molecule has 8 heteroatoms. The first-order valence-electron chi connectivity index (χ1n) is 7.66. The molecule has 0 spiro atoms. The van der Waals surface area contributed by atoms with Gasteiger partial charge in [0.15, 0.2) is 0 Å². The molecule has 0 saturated carbocycles. The number of sulfonamides is 1. The molecule has 1 aromatic heterocycles. The lowest BCUT2D eigenvalue weighted by Crippen LogP contribution is -2.13. The fourth-order valence-corrected chi connectivity index (χ4v) is 3.82. The monoisotopic (exact) mass is 391 g/mol. The van der Waals surface area contributed by atoms with Crippen LogP contribution in [0.4, 0.5) is 15.9 Å². The van der Waals surface area contributed by atoms with Crippen molar-refractivity contribution in [1.29, 1.82) is 0 Å². The van der Waals surface area contributed by atoms with E-state index in [1.165, 1.54) is 24.4 Å². The molecule has 26 heavy (non-hydrogen) atoms. The highest BCUT2D eigenvalue weighted by Crippen LogP contribution is 2.23.